The predicted molar refractivity (Wildman–Crippen MR) is 87.2 cm³/mol. The Morgan fingerprint density at radius 2 is 1.95 bits per heavy atom. The number of hydrogen-bond acceptors (Lipinski definition) is 3. The van der Waals surface area contributed by atoms with E-state index in [0.717, 1.165) is 32.2 Å². The second kappa shape index (κ2) is 9.75. The first-order chi connectivity index (χ1) is 9.54. The molecule has 0 bridgehead atoms. The van der Waals surface area contributed by atoms with Gasteiger partial charge in [-0.15, -0.1) is 0 Å². The van der Waals surface area contributed by atoms with Gasteiger partial charge in [-0.3, -0.25) is 4.90 Å². The van der Waals surface area contributed by atoms with Crippen molar-refractivity contribution in [3.8, 4) is 0 Å². The molecule has 1 rings (SSSR count). The van der Waals surface area contributed by atoms with Gasteiger partial charge in [0.1, 0.15) is 0 Å². The van der Waals surface area contributed by atoms with E-state index in [9.17, 15) is 0 Å². The summed E-state index contributed by atoms with van der Waals surface area (Å²) in [5.74, 6) is 1.45. The van der Waals surface area contributed by atoms with Crippen LogP contribution in [0.15, 0.2) is 0 Å². The van der Waals surface area contributed by atoms with Crippen molar-refractivity contribution >= 4 is 0 Å². The monoisotopic (exact) mass is 284 g/mol. The van der Waals surface area contributed by atoms with E-state index in [1.165, 1.54) is 25.8 Å². The van der Waals surface area contributed by atoms with Gasteiger partial charge in [0.25, 0.3) is 0 Å². The van der Waals surface area contributed by atoms with Crippen LogP contribution in [0.1, 0.15) is 53.9 Å². The Morgan fingerprint density at radius 3 is 2.55 bits per heavy atom. The Bertz CT molecular complexity index is 243. The Balaban J connectivity index is 2.32. The van der Waals surface area contributed by atoms with Crippen molar-refractivity contribution in [2.24, 2.45) is 11.8 Å². The van der Waals surface area contributed by atoms with E-state index in [0.29, 0.717) is 18.0 Å². The maximum absolute atomic E-state index is 5.81. The fraction of sp³-hybridized carbons (Fsp3) is 1.00. The van der Waals surface area contributed by atoms with Gasteiger partial charge in [0.2, 0.25) is 0 Å². The molecule has 0 amide bonds. The summed E-state index contributed by atoms with van der Waals surface area (Å²) in [6.07, 6.45) is 3.74. The Morgan fingerprint density at radius 1 is 1.20 bits per heavy atom. The van der Waals surface area contributed by atoms with Gasteiger partial charge in [0.15, 0.2) is 0 Å². The van der Waals surface area contributed by atoms with Gasteiger partial charge in [-0.1, -0.05) is 41.0 Å². The summed E-state index contributed by atoms with van der Waals surface area (Å²) in [5, 5.41) is 3.72. The third kappa shape index (κ3) is 6.55. The van der Waals surface area contributed by atoms with Crippen molar-refractivity contribution in [2.75, 3.05) is 32.8 Å². The molecule has 0 radical (unpaired) electrons. The minimum Gasteiger partial charge on any atom is -0.380 e. The zero-order valence-corrected chi connectivity index (χ0v) is 14.3. The average Bonchev–Trinajstić information content (AvgIpc) is 2.39. The molecule has 0 aromatic carbocycles. The molecular formula is C17H36N2O. The van der Waals surface area contributed by atoms with Crippen LogP contribution in [0.3, 0.4) is 0 Å². The summed E-state index contributed by atoms with van der Waals surface area (Å²) in [6.45, 7) is 16.6. The molecular weight excluding hydrogens is 248 g/mol. The van der Waals surface area contributed by atoms with E-state index >= 15 is 0 Å². The zero-order chi connectivity index (χ0) is 15.0. The van der Waals surface area contributed by atoms with Crippen molar-refractivity contribution < 1.29 is 4.74 Å². The maximum Gasteiger partial charge on any atom is 0.0593 e. The third-order valence-corrected chi connectivity index (χ3v) is 4.35. The average molecular weight is 284 g/mol. The van der Waals surface area contributed by atoms with E-state index in [1.807, 2.05) is 0 Å². The van der Waals surface area contributed by atoms with Gasteiger partial charge >= 0.3 is 0 Å². The van der Waals surface area contributed by atoms with Crippen LogP contribution in [0, 0.1) is 11.8 Å². The highest BCUT2D eigenvalue weighted by molar-refractivity contribution is 4.87. The number of nitrogens with zero attached hydrogens (tertiary/aromatic N) is 1. The summed E-state index contributed by atoms with van der Waals surface area (Å²) < 4.78 is 5.81. The minimum atomic E-state index is 0.638. The van der Waals surface area contributed by atoms with Gasteiger partial charge in [0, 0.05) is 38.3 Å². The van der Waals surface area contributed by atoms with E-state index < -0.39 is 0 Å². The van der Waals surface area contributed by atoms with Crippen molar-refractivity contribution in [1.82, 2.24) is 10.2 Å². The molecule has 0 aromatic heterocycles. The van der Waals surface area contributed by atoms with Gasteiger partial charge in [0.05, 0.1) is 6.61 Å². The fourth-order valence-electron chi connectivity index (χ4n) is 2.82. The Labute approximate surface area is 126 Å². The lowest BCUT2D eigenvalue weighted by Gasteiger charge is -2.42. The second-order valence-electron chi connectivity index (χ2n) is 6.99. The molecule has 3 heteroatoms. The minimum absolute atomic E-state index is 0.638. The van der Waals surface area contributed by atoms with Crippen LogP contribution in [0.2, 0.25) is 0 Å². The molecule has 2 unspecified atom stereocenters. The number of rotatable bonds is 9. The standard InChI is InChI=1S/C17H36N2O/c1-6-7-16-12-18-17(15(4)5)13-19(16)9-11-20-10-8-14(2)3/h14-18H,6-13H2,1-5H3. The summed E-state index contributed by atoms with van der Waals surface area (Å²) in [6, 6.07) is 1.34. The van der Waals surface area contributed by atoms with Crippen LogP contribution in [0.5, 0.6) is 0 Å². The molecule has 0 spiro atoms. The lowest BCUT2D eigenvalue weighted by Crippen LogP contribution is -2.58. The van der Waals surface area contributed by atoms with Gasteiger partial charge in [-0.05, 0) is 24.7 Å². The topological polar surface area (TPSA) is 24.5 Å². The highest BCUT2D eigenvalue weighted by atomic mass is 16.5. The van der Waals surface area contributed by atoms with E-state index in [1.54, 1.807) is 0 Å². The maximum atomic E-state index is 5.81. The Hall–Kier alpha value is -0.120. The predicted octanol–water partition coefficient (Wildman–Crippen LogP) is 3.15. The van der Waals surface area contributed by atoms with Crippen LogP contribution < -0.4 is 5.32 Å². The normalized spacial score (nSPS) is 24.8. The van der Waals surface area contributed by atoms with Crippen molar-refractivity contribution in [3.63, 3.8) is 0 Å². The molecule has 20 heavy (non-hydrogen) atoms. The second-order valence-corrected chi connectivity index (χ2v) is 6.99. The van der Waals surface area contributed by atoms with Gasteiger partial charge in [-0.25, -0.2) is 0 Å². The summed E-state index contributed by atoms with van der Waals surface area (Å²) in [7, 11) is 0. The van der Waals surface area contributed by atoms with Gasteiger partial charge < -0.3 is 10.1 Å². The first kappa shape index (κ1) is 17.9. The van der Waals surface area contributed by atoms with Gasteiger partial charge in [-0.2, -0.15) is 0 Å². The van der Waals surface area contributed by atoms with Crippen LogP contribution in [0.4, 0.5) is 0 Å². The number of piperazine rings is 1. The largest absolute Gasteiger partial charge is 0.380 e. The highest BCUT2D eigenvalue weighted by Crippen LogP contribution is 2.16. The summed E-state index contributed by atoms with van der Waals surface area (Å²) >= 11 is 0. The summed E-state index contributed by atoms with van der Waals surface area (Å²) in [4.78, 5) is 2.65. The lowest BCUT2D eigenvalue weighted by atomic mass is 9.97. The lowest BCUT2D eigenvalue weighted by molar-refractivity contribution is 0.0526. The van der Waals surface area contributed by atoms with Crippen molar-refractivity contribution in [3.05, 3.63) is 0 Å². The summed E-state index contributed by atoms with van der Waals surface area (Å²) in [5.41, 5.74) is 0. The van der Waals surface area contributed by atoms with Crippen LogP contribution in [0.25, 0.3) is 0 Å². The molecule has 2 atom stereocenters. The molecule has 120 valence electrons. The van der Waals surface area contributed by atoms with Crippen LogP contribution in [-0.2, 0) is 4.74 Å². The highest BCUT2D eigenvalue weighted by Gasteiger charge is 2.28. The number of hydrogen-bond donors (Lipinski definition) is 1. The molecule has 1 heterocycles. The SMILES string of the molecule is CCCC1CNC(C(C)C)CN1CCOCCC(C)C. The molecule has 1 aliphatic heterocycles. The first-order valence-corrected chi connectivity index (χ1v) is 8.59. The molecule has 1 saturated heterocycles. The van der Waals surface area contributed by atoms with E-state index in [4.69, 9.17) is 4.74 Å². The molecule has 3 nitrogen and oxygen atoms in total. The molecule has 0 saturated carbocycles. The quantitative estimate of drug-likeness (QED) is 0.658. The zero-order valence-electron chi connectivity index (χ0n) is 14.3. The molecule has 1 aliphatic rings. The van der Waals surface area contributed by atoms with Crippen molar-refractivity contribution in [1.29, 1.82) is 0 Å². The Kier molecular flexibility index (Phi) is 8.74. The van der Waals surface area contributed by atoms with Crippen LogP contribution in [-0.4, -0.2) is 49.8 Å². The molecule has 1 N–H and O–H groups in total. The fourth-order valence-corrected chi connectivity index (χ4v) is 2.82. The third-order valence-electron chi connectivity index (χ3n) is 4.35. The van der Waals surface area contributed by atoms with Crippen LogP contribution >= 0.6 is 0 Å². The molecule has 0 aliphatic carbocycles. The van der Waals surface area contributed by atoms with E-state index in [-0.39, 0.29) is 0 Å². The molecule has 1 fully saturated rings. The first-order valence-electron chi connectivity index (χ1n) is 8.59. The number of ether oxygens (including phenoxy) is 1. The van der Waals surface area contributed by atoms with E-state index in [2.05, 4.69) is 44.8 Å². The number of nitrogens with one attached hydrogen (secondary N) is 1. The smallest absolute Gasteiger partial charge is 0.0593 e. The van der Waals surface area contributed by atoms with Crippen molar-refractivity contribution in [2.45, 2.75) is 66.0 Å². The molecule has 0 aromatic rings.